The molecule has 0 unspecified atom stereocenters. The van der Waals surface area contributed by atoms with Crippen LogP contribution in [0.4, 0.5) is 10.2 Å². The zero-order valence-electron chi connectivity index (χ0n) is 13.5. The molecule has 0 aliphatic rings. The lowest BCUT2D eigenvalue weighted by Gasteiger charge is -2.09. The highest BCUT2D eigenvalue weighted by molar-refractivity contribution is 5.87. The fourth-order valence-electron chi connectivity index (χ4n) is 2.60. The maximum absolute atomic E-state index is 13.4. The van der Waals surface area contributed by atoms with Crippen molar-refractivity contribution in [3.8, 4) is 11.5 Å². The number of pyridine rings is 1. The van der Waals surface area contributed by atoms with E-state index in [0.29, 0.717) is 29.5 Å². The van der Waals surface area contributed by atoms with E-state index in [9.17, 15) is 4.39 Å². The van der Waals surface area contributed by atoms with Gasteiger partial charge in [-0.25, -0.2) is 14.4 Å². The van der Waals surface area contributed by atoms with Crippen molar-refractivity contribution < 1.29 is 4.39 Å². The van der Waals surface area contributed by atoms with Crippen molar-refractivity contribution in [2.75, 3.05) is 5.32 Å². The zero-order valence-corrected chi connectivity index (χ0v) is 13.5. The van der Waals surface area contributed by atoms with Gasteiger partial charge in [0.25, 0.3) is 0 Å². The summed E-state index contributed by atoms with van der Waals surface area (Å²) in [5.41, 5.74) is 2.21. The molecule has 4 rings (SSSR count). The Hall–Kier alpha value is -3.35. The van der Waals surface area contributed by atoms with E-state index in [1.807, 2.05) is 31.3 Å². The molecule has 25 heavy (non-hydrogen) atoms. The molecule has 0 amide bonds. The number of benzene rings is 1. The van der Waals surface area contributed by atoms with E-state index in [1.54, 1.807) is 23.1 Å². The first-order chi connectivity index (χ1) is 12.2. The van der Waals surface area contributed by atoms with Gasteiger partial charge in [-0.05, 0) is 29.8 Å². The second-order valence-electron chi connectivity index (χ2n) is 5.60. The Bertz CT molecular complexity index is 1030. The minimum atomic E-state index is -0.261. The van der Waals surface area contributed by atoms with Crippen molar-refractivity contribution in [2.45, 2.75) is 6.54 Å². The van der Waals surface area contributed by atoms with E-state index in [-0.39, 0.29) is 5.82 Å². The highest BCUT2D eigenvalue weighted by atomic mass is 19.1. The molecule has 0 fully saturated rings. The fourth-order valence-corrected chi connectivity index (χ4v) is 2.60. The lowest BCUT2D eigenvalue weighted by atomic mass is 10.2. The minimum absolute atomic E-state index is 0.261. The van der Waals surface area contributed by atoms with Crippen LogP contribution in [0.5, 0.6) is 0 Å². The van der Waals surface area contributed by atoms with Crippen LogP contribution in [0, 0.1) is 5.82 Å². The van der Waals surface area contributed by atoms with Crippen molar-refractivity contribution in [3.05, 3.63) is 66.2 Å². The van der Waals surface area contributed by atoms with Crippen LogP contribution in [-0.4, -0.2) is 24.7 Å². The van der Waals surface area contributed by atoms with E-state index < -0.39 is 0 Å². The molecule has 124 valence electrons. The molecular formula is C18H15FN6. The van der Waals surface area contributed by atoms with Crippen LogP contribution in [0.2, 0.25) is 0 Å². The number of nitrogens with one attached hydrogen (secondary N) is 1. The standard InChI is InChI=1S/C18H15FN6/c1-25-18-14(11-22-25)16(21-10-12-5-4-6-13(19)9-12)23-17(24-18)15-7-2-3-8-20-15/h2-9,11H,10H2,1H3,(H,21,23,24). The van der Waals surface area contributed by atoms with Crippen molar-refractivity contribution in [1.82, 2.24) is 24.7 Å². The largest absolute Gasteiger partial charge is 0.365 e. The third kappa shape index (κ3) is 3.03. The third-order valence-electron chi connectivity index (χ3n) is 3.84. The van der Waals surface area contributed by atoms with Crippen molar-refractivity contribution in [2.24, 2.45) is 7.05 Å². The molecule has 0 radical (unpaired) electrons. The number of hydrogen-bond acceptors (Lipinski definition) is 5. The molecule has 1 aromatic carbocycles. The predicted molar refractivity (Wildman–Crippen MR) is 93.3 cm³/mol. The van der Waals surface area contributed by atoms with Crippen LogP contribution < -0.4 is 5.32 Å². The first-order valence-electron chi connectivity index (χ1n) is 7.80. The Balaban J connectivity index is 1.74. The van der Waals surface area contributed by atoms with Gasteiger partial charge in [0.1, 0.15) is 17.3 Å². The van der Waals surface area contributed by atoms with Gasteiger partial charge in [-0.2, -0.15) is 5.10 Å². The monoisotopic (exact) mass is 334 g/mol. The van der Waals surface area contributed by atoms with Gasteiger partial charge in [-0.1, -0.05) is 18.2 Å². The molecule has 0 aliphatic heterocycles. The summed E-state index contributed by atoms with van der Waals surface area (Å²) in [7, 11) is 1.83. The zero-order chi connectivity index (χ0) is 17.2. The second-order valence-corrected chi connectivity index (χ2v) is 5.60. The van der Waals surface area contributed by atoms with E-state index >= 15 is 0 Å². The third-order valence-corrected chi connectivity index (χ3v) is 3.84. The normalized spacial score (nSPS) is 11.0. The Labute approximate surface area is 143 Å². The highest BCUT2D eigenvalue weighted by Crippen LogP contribution is 2.24. The van der Waals surface area contributed by atoms with Gasteiger partial charge in [0.2, 0.25) is 0 Å². The molecule has 3 heterocycles. The van der Waals surface area contributed by atoms with Crippen LogP contribution in [0.1, 0.15) is 5.56 Å². The molecule has 1 N–H and O–H groups in total. The molecule has 0 spiro atoms. The van der Waals surface area contributed by atoms with E-state index in [0.717, 1.165) is 10.9 Å². The van der Waals surface area contributed by atoms with Crippen LogP contribution in [0.15, 0.2) is 54.9 Å². The number of halogens is 1. The summed E-state index contributed by atoms with van der Waals surface area (Å²) in [6, 6.07) is 12.0. The molecule has 4 aromatic rings. The first kappa shape index (κ1) is 15.2. The number of fused-ring (bicyclic) bond motifs is 1. The van der Waals surface area contributed by atoms with E-state index in [1.165, 1.54) is 12.1 Å². The molecule has 7 heteroatoms. The van der Waals surface area contributed by atoms with Gasteiger partial charge in [0, 0.05) is 19.8 Å². The maximum atomic E-state index is 13.4. The summed E-state index contributed by atoms with van der Waals surface area (Å²) in [6.07, 6.45) is 3.41. The van der Waals surface area contributed by atoms with Crippen LogP contribution in [0.3, 0.4) is 0 Å². The summed E-state index contributed by atoms with van der Waals surface area (Å²) in [5, 5.41) is 8.31. The summed E-state index contributed by atoms with van der Waals surface area (Å²) in [4.78, 5) is 13.5. The number of nitrogens with zero attached hydrogens (tertiary/aromatic N) is 5. The lowest BCUT2D eigenvalue weighted by molar-refractivity contribution is 0.626. The van der Waals surface area contributed by atoms with E-state index in [4.69, 9.17) is 0 Å². The number of rotatable bonds is 4. The predicted octanol–water partition coefficient (Wildman–Crippen LogP) is 3.18. The summed E-state index contributed by atoms with van der Waals surface area (Å²) in [6.45, 7) is 0.445. The van der Waals surface area contributed by atoms with Gasteiger partial charge in [0.05, 0.1) is 11.6 Å². The topological polar surface area (TPSA) is 68.5 Å². The number of aromatic nitrogens is 5. The van der Waals surface area contributed by atoms with Gasteiger partial charge >= 0.3 is 0 Å². The molecule has 0 atom stereocenters. The molecule has 6 nitrogen and oxygen atoms in total. The van der Waals surface area contributed by atoms with Gasteiger partial charge < -0.3 is 5.32 Å². The number of aryl methyl sites for hydroxylation is 1. The summed E-state index contributed by atoms with van der Waals surface area (Å²) < 4.78 is 15.1. The Morgan fingerprint density at radius 2 is 2.04 bits per heavy atom. The molecule has 0 saturated carbocycles. The number of anilines is 1. The Morgan fingerprint density at radius 1 is 1.12 bits per heavy atom. The first-order valence-corrected chi connectivity index (χ1v) is 7.80. The molecule has 3 aromatic heterocycles. The number of hydrogen-bond donors (Lipinski definition) is 1. The molecule has 0 aliphatic carbocycles. The quantitative estimate of drug-likeness (QED) is 0.621. The van der Waals surface area contributed by atoms with Crippen molar-refractivity contribution >= 4 is 16.9 Å². The van der Waals surface area contributed by atoms with Crippen LogP contribution in [0.25, 0.3) is 22.6 Å². The van der Waals surface area contributed by atoms with E-state index in [2.05, 4.69) is 25.4 Å². The molecule has 0 saturated heterocycles. The second kappa shape index (κ2) is 6.27. The van der Waals surface area contributed by atoms with Gasteiger partial charge in [-0.3, -0.25) is 9.67 Å². The van der Waals surface area contributed by atoms with Crippen molar-refractivity contribution in [3.63, 3.8) is 0 Å². The van der Waals surface area contributed by atoms with Gasteiger partial charge in [-0.15, -0.1) is 0 Å². The fraction of sp³-hybridized carbons (Fsp3) is 0.111. The maximum Gasteiger partial charge on any atom is 0.182 e. The SMILES string of the molecule is Cn1ncc2c(NCc3cccc(F)c3)nc(-c3ccccn3)nc21. The van der Waals surface area contributed by atoms with Crippen molar-refractivity contribution in [1.29, 1.82) is 0 Å². The van der Waals surface area contributed by atoms with Crippen LogP contribution in [-0.2, 0) is 13.6 Å². The summed E-state index contributed by atoms with van der Waals surface area (Å²) in [5.74, 6) is 0.893. The Kier molecular flexibility index (Phi) is 3.81. The average molecular weight is 334 g/mol. The average Bonchev–Trinajstić information content (AvgIpc) is 3.02. The highest BCUT2D eigenvalue weighted by Gasteiger charge is 2.13. The van der Waals surface area contributed by atoms with Gasteiger partial charge in [0.15, 0.2) is 11.5 Å². The smallest absolute Gasteiger partial charge is 0.182 e. The minimum Gasteiger partial charge on any atom is -0.365 e. The summed E-state index contributed by atoms with van der Waals surface area (Å²) >= 11 is 0. The molecule has 0 bridgehead atoms. The van der Waals surface area contributed by atoms with Crippen LogP contribution >= 0.6 is 0 Å². The molecular weight excluding hydrogens is 319 g/mol. The lowest BCUT2D eigenvalue weighted by Crippen LogP contribution is -2.05. The Morgan fingerprint density at radius 3 is 2.84 bits per heavy atom.